The summed E-state index contributed by atoms with van der Waals surface area (Å²) in [5.74, 6) is 0.827. The monoisotopic (exact) mass is 508 g/mol. The van der Waals surface area contributed by atoms with Gasteiger partial charge in [-0.3, -0.25) is 4.79 Å². The predicted molar refractivity (Wildman–Crippen MR) is 146 cm³/mol. The lowest BCUT2D eigenvalue weighted by Crippen LogP contribution is -2.54. The molecule has 0 bridgehead atoms. The summed E-state index contributed by atoms with van der Waals surface area (Å²) in [6.45, 7) is 13.6. The number of nitrogens with zero attached hydrogens (tertiary/aromatic N) is 3. The van der Waals surface area contributed by atoms with Crippen LogP contribution in [0.3, 0.4) is 0 Å². The molecule has 5 rings (SSSR count). The van der Waals surface area contributed by atoms with E-state index >= 15 is 0 Å². The number of amides is 1. The minimum atomic E-state index is 0.0379. The normalized spacial score (nSPS) is 12.6. The number of hydrogen-bond acceptors (Lipinski definition) is 7. The number of carbonyl (C=O) groups excluding carboxylic acids is 3. The standard InChI is InChI=1S/C24H26N4O3.C2H6.2CH2O/c1-13-22(14(2)31-26-13)16-7-17(10-25)23-20(8-16)19-6-5-15(9-21(19)27(23)3)24(29)28-11-18(12-28)30-4;3*1-2/h5-9,18H,10-12,25H2,1-4H3;1-2H3;2*1H2. The first-order valence-electron chi connectivity index (χ1n) is 12.0. The smallest absolute Gasteiger partial charge is 0.254 e. The van der Waals surface area contributed by atoms with Gasteiger partial charge in [-0.25, -0.2) is 0 Å². The van der Waals surface area contributed by atoms with Crippen LogP contribution in [0.2, 0.25) is 0 Å². The highest BCUT2D eigenvalue weighted by atomic mass is 16.5. The maximum atomic E-state index is 12.9. The van der Waals surface area contributed by atoms with Gasteiger partial charge in [0, 0.05) is 61.2 Å². The maximum Gasteiger partial charge on any atom is 0.254 e. The van der Waals surface area contributed by atoms with Gasteiger partial charge in [-0.1, -0.05) is 25.1 Å². The average Bonchev–Trinajstić information content (AvgIpc) is 3.41. The van der Waals surface area contributed by atoms with E-state index in [4.69, 9.17) is 24.6 Å². The molecule has 0 unspecified atom stereocenters. The van der Waals surface area contributed by atoms with Gasteiger partial charge in [-0.05, 0) is 49.2 Å². The first-order valence-corrected chi connectivity index (χ1v) is 12.0. The molecule has 2 aromatic carbocycles. The fourth-order valence-corrected chi connectivity index (χ4v) is 4.72. The molecule has 4 aromatic rings. The first-order chi connectivity index (χ1) is 17.9. The lowest BCUT2D eigenvalue weighted by molar-refractivity contribution is -0.0987. The van der Waals surface area contributed by atoms with Crippen LogP contribution >= 0.6 is 0 Å². The second-order valence-corrected chi connectivity index (χ2v) is 8.29. The van der Waals surface area contributed by atoms with E-state index < -0.39 is 0 Å². The van der Waals surface area contributed by atoms with Crippen molar-refractivity contribution in [3.63, 3.8) is 0 Å². The van der Waals surface area contributed by atoms with Crippen LogP contribution in [0.5, 0.6) is 0 Å². The molecule has 0 spiro atoms. The van der Waals surface area contributed by atoms with Crippen molar-refractivity contribution in [2.24, 2.45) is 12.8 Å². The third-order valence-corrected chi connectivity index (χ3v) is 6.43. The molecule has 198 valence electrons. The minimum absolute atomic E-state index is 0.0379. The van der Waals surface area contributed by atoms with Gasteiger partial charge >= 0.3 is 0 Å². The Balaban J connectivity index is 0.000000750. The number of aromatic nitrogens is 2. The van der Waals surface area contributed by atoms with Crippen molar-refractivity contribution < 1.29 is 23.6 Å². The van der Waals surface area contributed by atoms with Gasteiger partial charge in [0.2, 0.25) is 0 Å². The summed E-state index contributed by atoms with van der Waals surface area (Å²) in [5.41, 5.74) is 12.9. The number of rotatable bonds is 4. The SMILES string of the molecule is C=O.C=O.CC.COC1CN(C(=O)c2ccc3c4cc(-c5c(C)noc5C)cc(CN)c4n(C)c3c2)C1. The fraction of sp³-hybridized carbons (Fsp3) is 0.357. The summed E-state index contributed by atoms with van der Waals surface area (Å²) in [4.78, 5) is 30.7. The Labute approximate surface area is 217 Å². The minimum Gasteiger partial charge on any atom is -0.378 e. The van der Waals surface area contributed by atoms with E-state index in [1.54, 1.807) is 7.11 Å². The van der Waals surface area contributed by atoms with Gasteiger partial charge < -0.3 is 34.0 Å². The number of hydrogen-bond donors (Lipinski definition) is 1. The van der Waals surface area contributed by atoms with Crippen molar-refractivity contribution in [2.45, 2.75) is 40.3 Å². The van der Waals surface area contributed by atoms with Gasteiger partial charge in [0.1, 0.15) is 19.3 Å². The summed E-state index contributed by atoms with van der Waals surface area (Å²) >= 11 is 0. The van der Waals surface area contributed by atoms with Crippen LogP contribution in [0.15, 0.2) is 34.9 Å². The van der Waals surface area contributed by atoms with Crippen LogP contribution in [0.25, 0.3) is 32.9 Å². The Bertz CT molecular complexity index is 1350. The maximum absolute atomic E-state index is 12.9. The molecule has 1 aliphatic heterocycles. The van der Waals surface area contributed by atoms with Crippen molar-refractivity contribution in [1.82, 2.24) is 14.6 Å². The summed E-state index contributed by atoms with van der Waals surface area (Å²) in [5, 5.41) is 6.31. The molecular weight excluding hydrogens is 472 g/mol. The molecule has 0 aliphatic carbocycles. The second-order valence-electron chi connectivity index (χ2n) is 8.29. The summed E-state index contributed by atoms with van der Waals surface area (Å²) in [7, 11) is 3.71. The molecule has 2 aromatic heterocycles. The molecule has 37 heavy (non-hydrogen) atoms. The third-order valence-electron chi connectivity index (χ3n) is 6.43. The first kappa shape index (κ1) is 29.4. The van der Waals surface area contributed by atoms with Crippen molar-refractivity contribution in [2.75, 3.05) is 20.2 Å². The molecule has 1 amide bonds. The Hall–Kier alpha value is -3.82. The van der Waals surface area contributed by atoms with Crippen LogP contribution in [-0.2, 0) is 27.9 Å². The van der Waals surface area contributed by atoms with Crippen molar-refractivity contribution in [1.29, 1.82) is 0 Å². The number of ether oxygens (including phenoxy) is 1. The average molecular weight is 509 g/mol. The highest BCUT2D eigenvalue weighted by Crippen LogP contribution is 2.37. The Kier molecular flexibility index (Phi) is 10.3. The van der Waals surface area contributed by atoms with Gasteiger partial charge in [0.25, 0.3) is 5.91 Å². The Morgan fingerprint density at radius 1 is 1.11 bits per heavy atom. The van der Waals surface area contributed by atoms with Gasteiger partial charge in [-0.15, -0.1) is 0 Å². The largest absolute Gasteiger partial charge is 0.378 e. The molecule has 0 atom stereocenters. The van der Waals surface area contributed by atoms with Gasteiger partial charge in [-0.2, -0.15) is 0 Å². The number of methoxy groups -OCH3 is 1. The zero-order valence-corrected chi connectivity index (χ0v) is 22.5. The van der Waals surface area contributed by atoms with Crippen LogP contribution in [-0.4, -0.2) is 60.4 Å². The van der Waals surface area contributed by atoms with E-state index in [1.165, 1.54) is 0 Å². The molecule has 1 fully saturated rings. The zero-order valence-electron chi connectivity index (χ0n) is 22.5. The van der Waals surface area contributed by atoms with Crippen LogP contribution in [0.1, 0.15) is 41.2 Å². The van der Waals surface area contributed by atoms with Crippen molar-refractivity contribution in [3.05, 3.63) is 52.9 Å². The lowest BCUT2D eigenvalue weighted by Gasteiger charge is -2.38. The summed E-state index contributed by atoms with van der Waals surface area (Å²) in [6.07, 6.45) is 0.139. The number of carbonyl (C=O) groups is 3. The van der Waals surface area contributed by atoms with Crippen LogP contribution < -0.4 is 5.73 Å². The van der Waals surface area contributed by atoms with E-state index in [2.05, 4.69) is 21.9 Å². The van der Waals surface area contributed by atoms with E-state index in [1.807, 2.05) is 71.4 Å². The third kappa shape index (κ3) is 5.33. The van der Waals surface area contributed by atoms with Crippen LogP contribution in [0, 0.1) is 13.8 Å². The number of likely N-dealkylation sites (tertiary alicyclic amines) is 1. The molecule has 9 heteroatoms. The fourth-order valence-electron chi connectivity index (χ4n) is 4.72. The highest BCUT2D eigenvalue weighted by molar-refractivity contribution is 6.12. The molecule has 2 N–H and O–H groups in total. The van der Waals surface area contributed by atoms with E-state index in [-0.39, 0.29) is 12.0 Å². The zero-order chi connectivity index (χ0) is 27.9. The molecule has 0 saturated carbocycles. The summed E-state index contributed by atoms with van der Waals surface area (Å²) in [6, 6.07) is 10.2. The number of fused-ring (bicyclic) bond motifs is 3. The highest BCUT2D eigenvalue weighted by Gasteiger charge is 2.31. The summed E-state index contributed by atoms with van der Waals surface area (Å²) < 4.78 is 12.8. The van der Waals surface area contributed by atoms with E-state index in [0.717, 1.165) is 50.0 Å². The molecule has 9 nitrogen and oxygen atoms in total. The van der Waals surface area contributed by atoms with Crippen molar-refractivity contribution >= 4 is 41.3 Å². The van der Waals surface area contributed by atoms with Crippen LogP contribution in [0.4, 0.5) is 0 Å². The Morgan fingerprint density at radius 2 is 1.76 bits per heavy atom. The number of benzene rings is 2. The quantitative estimate of drug-likeness (QED) is 0.439. The van der Waals surface area contributed by atoms with Gasteiger partial charge in [0.15, 0.2) is 0 Å². The second kappa shape index (κ2) is 12.9. The molecular formula is C28H36N4O5. The molecule has 1 saturated heterocycles. The van der Waals surface area contributed by atoms with E-state index in [0.29, 0.717) is 25.2 Å². The lowest BCUT2D eigenvalue weighted by atomic mass is 9.98. The topological polar surface area (TPSA) is 121 Å². The molecule has 3 heterocycles. The molecule has 1 aliphatic rings. The van der Waals surface area contributed by atoms with Gasteiger partial charge in [0.05, 0.1) is 17.3 Å². The molecule has 0 radical (unpaired) electrons. The van der Waals surface area contributed by atoms with E-state index in [9.17, 15) is 4.79 Å². The Morgan fingerprint density at radius 3 is 2.30 bits per heavy atom. The van der Waals surface area contributed by atoms with Crippen molar-refractivity contribution in [3.8, 4) is 11.1 Å². The number of aryl methyl sites for hydroxylation is 3. The predicted octanol–water partition coefficient (Wildman–Crippen LogP) is 4.19. The number of nitrogens with two attached hydrogens (primary N) is 1.